The number of hydrazine groups is 1. The summed E-state index contributed by atoms with van der Waals surface area (Å²) < 4.78 is 11.0. The van der Waals surface area contributed by atoms with Gasteiger partial charge in [0.2, 0.25) is 5.91 Å². The van der Waals surface area contributed by atoms with Crippen LogP contribution in [-0.2, 0) is 9.59 Å². The van der Waals surface area contributed by atoms with E-state index in [1.54, 1.807) is 36.1 Å². The molecule has 0 bridgehead atoms. The number of nitrogens with zero attached hydrogens (tertiary/aromatic N) is 1. The lowest BCUT2D eigenvalue weighted by molar-refractivity contribution is -0.134. The molecule has 8 nitrogen and oxygen atoms in total. The second-order valence-electron chi connectivity index (χ2n) is 8.74. The zero-order valence-electron chi connectivity index (χ0n) is 20.5. The Morgan fingerprint density at radius 3 is 2.31 bits per heavy atom. The third kappa shape index (κ3) is 5.94. The van der Waals surface area contributed by atoms with Crippen LogP contribution in [0.3, 0.4) is 0 Å². The Balaban J connectivity index is 1.24. The van der Waals surface area contributed by atoms with Crippen LogP contribution in [0.15, 0.2) is 66.7 Å². The second-order valence-corrected chi connectivity index (χ2v) is 8.74. The Bertz CT molecular complexity index is 1210. The normalized spacial score (nSPS) is 14.7. The fraction of sp³-hybridized carbons (Fsp3) is 0.321. The number of carbonyl (C=O) groups excluding carboxylic acids is 3. The SMILES string of the molecule is CCOc1ccc(OC(C)C(=O)NNC(=O)C2CCN(C(=O)c3cccc4ccccc34)CC2)cc1. The Labute approximate surface area is 210 Å². The molecule has 0 radical (unpaired) electrons. The van der Waals surface area contributed by atoms with Crippen molar-refractivity contribution in [2.75, 3.05) is 19.7 Å². The Hall–Kier alpha value is -4.07. The van der Waals surface area contributed by atoms with Crippen LogP contribution in [0.5, 0.6) is 11.5 Å². The van der Waals surface area contributed by atoms with Crippen molar-refractivity contribution in [2.24, 2.45) is 5.92 Å². The highest BCUT2D eigenvalue weighted by Crippen LogP contribution is 2.24. The molecule has 3 aromatic carbocycles. The molecule has 0 spiro atoms. The van der Waals surface area contributed by atoms with Crippen LogP contribution >= 0.6 is 0 Å². The molecule has 0 aromatic heterocycles. The van der Waals surface area contributed by atoms with E-state index in [2.05, 4.69) is 10.9 Å². The molecule has 3 aromatic rings. The number of carbonyl (C=O) groups is 3. The van der Waals surface area contributed by atoms with Crippen LogP contribution in [0.2, 0.25) is 0 Å². The standard InChI is InChI=1S/C28H31N3O5/c1-3-35-22-11-13-23(14-12-22)36-19(2)26(32)29-30-27(33)21-15-17-31(18-16-21)28(34)25-10-6-8-20-7-4-5-9-24(20)25/h4-14,19,21H,3,15-18H2,1-2H3,(H,29,32)(H,30,33). The number of rotatable bonds is 7. The largest absolute Gasteiger partial charge is 0.494 e. The molecule has 1 heterocycles. The quantitative estimate of drug-likeness (QED) is 0.493. The molecule has 1 atom stereocenters. The van der Waals surface area contributed by atoms with Gasteiger partial charge in [0.25, 0.3) is 11.8 Å². The van der Waals surface area contributed by atoms with Gasteiger partial charge in [0.15, 0.2) is 6.10 Å². The monoisotopic (exact) mass is 489 g/mol. The van der Waals surface area contributed by atoms with Crippen LogP contribution < -0.4 is 20.3 Å². The first-order valence-corrected chi connectivity index (χ1v) is 12.2. The number of ether oxygens (including phenoxy) is 2. The van der Waals surface area contributed by atoms with Crippen LogP contribution in [-0.4, -0.2) is 48.4 Å². The van der Waals surface area contributed by atoms with Gasteiger partial charge in [-0.1, -0.05) is 36.4 Å². The average Bonchev–Trinajstić information content (AvgIpc) is 2.92. The summed E-state index contributed by atoms with van der Waals surface area (Å²) in [5.74, 6) is 0.202. The lowest BCUT2D eigenvalue weighted by Crippen LogP contribution is -2.51. The highest BCUT2D eigenvalue weighted by Gasteiger charge is 2.29. The lowest BCUT2D eigenvalue weighted by Gasteiger charge is -2.31. The van der Waals surface area contributed by atoms with Gasteiger partial charge in [0.05, 0.1) is 6.61 Å². The molecule has 36 heavy (non-hydrogen) atoms. The Morgan fingerprint density at radius 2 is 1.58 bits per heavy atom. The molecule has 188 valence electrons. The summed E-state index contributed by atoms with van der Waals surface area (Å²) in [6.07, 6.45) is 0.246. The molecule has 1 aliphatic heterocycles. The van der Waals surface area contributed by atoms with E-state index in [0.717, 1.165) is 16.5 Å². The summed E-state index contributed by atoms with van der Waals surface area (Å²) in [6, 6.07) is 20.5. The van der Waals surface area contributed by atoms with Crippen molar-refractivity contribution in [3.05, 3.63) is 72.3 Å². The number of hydrogen-bond donors (Lipinski definition) is 2. The highest BCUT2D eigenvalue weighted by molar-refractivity contribution is 6.07. The maximum Gasteiger partial charge on any atom is 0.279 e. The first-order valence-electron chi connectivity index (χ1n) is 12.2. The highest BCUT2D eigenvalue weighted by atomic mass is 16.5. The fourth-order valence-corrected chi connectivity index (χ4v) is 4.29. The number of hydrogen-bond acceptors (Lipinski definition) is 5. The molecule has 1 fully saturated rings. The zero-order valence-corrected chi connectivity index (χ0v) is 20.5. The van der Waals surface area contributed by atoms with Crippen molar-refractivity contribution in [3.63, 3.8) is 0 Å². The third-order valence-corrected chi connectivity index (χ3v) is 6.30. The van der Waals surface area contributed by atoms with E-state index >= 15 is 0 Å². The number of fused-ring (bicyclic) bond motifs is 1. The van der Waals surface area contributed by atoms with Crippen molar-refractivity contribution in [3.8, 4) is 11.5 Å². The molecular weight excluding hydrogens is 458 g/mol. The minimum absolute atomic E-state index is 0.0285. The number of likely N-dealkylation sites (tertiary alicyclic amines) is 1. The molecule has 4 rings (SSSR count). The number of nitrogens with one attached hydrogen (secondary N) is 2. The van der Waals surface area contributed by atoms with Gasteiger partial charge >= 0.3 is 0 Å². The van der Waals surface area contributed by atoms with E-state index in [0.29, 0.717) is 43.9 Å². The van der Waals surface area contributed by atoms with E-state index in [1.165, 1.54) is 0 Å². The van der Waals surface area contributed by atoms with Crippen molar-refractivity contribution in [1.29, 1.82) is 0 Å². The number of amides is 3. The molecule has 1 aliphatic rings. The van der Waals surface area contributed by atoms with E-state index in [1.807, 2.05) is 49.4 Å². The zero-order chi connectivity index (χ0) is 25.5. The summed E-state index contributed by atoms with van der Waals surface area (Å²) in [5.41, 5.74) is 5.62. The number of benzene rings is 3. The van der Waals surface area contributed by atoms with Gasteiger partial charge in [-0.05, 0) is 67.8 Å². The maximum absolute atomic E-state index is 13.1. The van der Waals surface area contributed by atoms with Gasteiger partial charge in [0.1, 0.15) is 11.5 Å². The van der Waals surface area contributed by atoms with Gasteiger partial charge in [0, 0.05) is 24.6 Å². The third-order valence-electron chi connectivity index (χ3n) is 6.30. The van der Waals surface area contributed by atoms with Crippen molar-refractivity contribution in [2.45, 2.75) is 32.8 Å². The predicted octanol–water partition coefficient (Wildman–Crippen LogP) is 3.71. The summed E-state index contributed by atoms with van der Waals surface area (Å²) >= 11 is 0. The molecule has 0 aliphatic carbocycles. The van der Waals surface area contributed by atoms with Crippen molar-refractivity contribution >= 4 is 28.5 Å². The van der Waals surface area contributed by atoms with E-state index in [9.17, 15) is 14.4 Å². The van der Waals surface area contributed by atoms with Crippen LogP contribution in [0, 0.1) is 5.92 Å². The van der Waals surface area contributed by atoms with Gasteiger partial charge in [-0.2, -0.15) is 0 Å². The topological polar surface area (TPSA) is 97.0 Å². The van der Waals surface area contributed by atoms with E-state index in [-0.39, 0.29) is 17.7 Å². The molecule has 3 amide bonds. The Kier molecular flexibility index (Phi) is 8.05. The van der Waals surface area contributed by atoms with E-state index < -0.39 is 12.0 Å². The summed E-state index contributed by atoms with van der Waals surface area (Å²) in [4.78, 5) is 39.9. The fourth-order valence-electron chi connectivity index (χ4n) is 4.29. The van der Waals surface area contributed by atoms with Crippen LogP contribution in [0.25, 0.3) is 10.8 Å². The molecule has 0 saturated carbocycles. The second kappa shape index (κ2) is 11.6. The molecule has 1 unspecified atom stereocenters. The van der Waals surface area contributed by atoms with Crippen molar-refractivity contribution < 1.29 is 23.9 Å². The average molecular weight is 490 g/mol. The first-order chi connectivity index (χ1) is 17.5. The molecule has 1 saturated heterocycles. The first kappa shape index (κ1) is 25.0. The summed E-state index contributed by atoms with van der Waals surface area (Å²) in [6.45, 7) is 5.03. The predicted molar refractivity (Wildman–Crippen MR) is 137 cm³/mol. The summed E-state index contributed by atoms with van der Waals surface area (Å²) in [7, 11) is 0. The van der Waals surface area contributed by atoms with Gasteiger partial charge < -0.3 is 14.4 Å². The minimum atomic E-state index is -0.802. The smallest absolute Gasteiger partial charge is 0.279 e. The van der Waals surface area contributed by atoms with Gasteiger partial charge in [-0.25, -0.2) is 0 Å². The molecule has 8 heteroatoms. The minimum Gasteiger partial charge on any atom is -0.494 e. The van der Waals surface area contributed by atoms with Gasteiger partial charge in [-0.3, -0.25) is 25.2 Å². The van der Waals surface area contributed by atoms with Crippen LogP contribution in [0.1, 0.15) is 37.0 Å². The van der Waals surface area contributed by atoms with Crippen LogP contribution in [0.4, 0.5) is 0 Å². The Morgan fingerprint density at radius 1 is 0.917 bits per heavy atom. The van der Waals surface area contributed by atoms with Gasteiger partial charge in [-0.15, -0.1) is 0 Å². The summed E-state index contributed by atoms with van der Waals surface area (Å²) in [5, 5.41) is 1.95. The molecular formula is C28H31N3O5. The number of piperidine rings is 1. The molecule has 2 N–H and O–H groups in total. The maximum atomic E-state index is 13.1. The van der Waals surface area contributed by atoms with Crippen molar-refractivity contribution in [1.82, 2.24) is 15.8 Å². The van der Waals surface area contributed by atoms with E-state index in [4.69, 9.17) is 9.47 Å². The lowest BCUT2D eigenvalue weighted by atomic mass is 9.95.